The maximum absolute atomic E-state index is 12.5. The van der Waals surface area contributed by atoms with E-state index in [0.717, 1.165) is 23.7 Å². The summed E-state index contributed by atoms with van der Waals surface area (Å²) >= 11 is 0. The fourth-order valence-corrected chi connectivity index (χ4v) is 2.53. The van der Waals surface area contributed by atoms with Gasteiger partial charge in [-0.1, -0.05) is 13.8 Å². The molecule has 0 aliphatic carbocycles. The van der Waals surface area contributed by atoms with E-state index in [1.54, 1.807) is 30.3 Å². The minimum absolute atomic E-state index is 0.417. The van der Waals surface area contributed by atoms with Gasteiger partial charge in [0.2, 0.25) is 0 Å². The number of ketones is 1. The van der Waals surface area contributed by atoms with Gasteiger partial charge in [-0.15, -0.1) is 0 Å². The van der Waals surface area contributed by atoms with E-state index in [0.29, 0.717) is 24.4 Å². The zero-order chi connectivity index (χ0) is 16.1. The topological polar surface area (TPSA) is 62.4 Å². The number of Topliss-reactive ketones (excluding diaryl/α,β-unsaturated/α-hetero) is 1. The number of aromatic amines is 1. The van der Waals surface area contributed by atoms with Crippen LogP contribution in [0.3, 0.4) is 0 Å². The molecule has 2 aromatic rings. The highest BCUT2D eigenvalue weighted by molar-refractivity contribution is 6.44. The van der Waals surface area contributed by atoms with Crippen molar-refractivity contribution in [1.82, 2.24) is 9.88 Å². The van der Waals surface area contributed by atoms with Gasteiger partial charge >= 0.3 is 0 Å². The van der Waals surface area contributed by atoms with Crippen molar-refractivity contribution >= 4 is 22.6 Å². The summed E-state index contributed by atoms with van der Waals surface area (Å²) < 4.78 is 5.16. The number of benzene rings is 1. The van der Waals surface area contributed by atoms with Crippen LogP contribution in [-0.4, -0.2) is 41.8 Å². The number of nitrogens with one attached hydrogen (secondary N) is 1. The van der Waals surface area contributed by atoms with E-state index >= 15 is 0 Å². The summed E-state index contributed by atoms with van der Waals surface area (Å²) in [6.45, 7) is 5.21. The van der Waals surface area contributed by atoms with Gasteiger partial charge in [0.05, 0.1) is 12.7 Å². The first kappa shape index (κ1) is 16.1. The number of carbonyl (C=O) groups is 2. The Hall–Kier alpha value is -2.30. The number of rotatable bonds is 7. The van der Waals surface area contributed by atoms with Gasteiger partial charge in [0, 0.05) is 36.3 Å². The third kappa shape index (κ3) is 3.13. The Morgan fingerprint density at radius 3 is 2.45 bits per heavy atom. The van der Waals surface area contributed by atoms with Gasteiger partial charge in [-0.05, 0) is 25.0 Å². The minimum Gasteiger partial charge on any atom is -0.497 e. The van der Waals surface area contributed by atoms with Crippen molar-refractivity contribution in [2.75, 3.05) is 20.2 Å². The van der Waals surface area contributed by atoms with Gasteiger partial charge in [0.1, 0.15) is 5.75 Å². The molecule has 1 heterocycles. The minimum atomic E-state index is -0.460. The first-order valence-electron chi connectivity index (χ1n) is 7.61. The molecule has 0 bridgehead atoms. The van der Waals surface area contributed by atoms with Gasteiger partial charge < -0.3 is 14.6 Å². The van der Waals surface area contributed by atoms with Crippen LogP contribution in [0.1, 0.15) is 37.0 Å². The molecule has 0 aliphatic rings. The molecule has 0 saturated heterocycles. The summed E-state index contributed by atoms with van der Waals surface area (Å²) in [5, 5.41) is 0.743. The Bertz CT molecular complexity index is 670. The maximum atomic E-state index is 12.5. The highest BCUT2D eigenvalue weighted by Gasteiger charge is 2.24. The van der Waals surface area contributed by atoms with Crippen LogP contribution in [0.15, 0.2) is 24.4 Å². The fraction of sp³-hybridized carbons (Fsp3) is 0.412. The third-order valence-electron chi connectivity index (χ3n) is 3.60. The van der Waals surface area contributed by atoms with Gasteiger partial charge in [-0.25, -0.2) is 0 Å². The number of H-pyrrole nitrogens is 1. The van der Waals surface area contributed by atoms with Crippen LogP contribution in [-0.2, 0) is 4.79 Å². The second kappa shape index (κ2) is 7.11. The predicted molar refractivity (Wildman–Crippen MR) is 86.3 cm³/mol. The van der Waals surface area contributed by atoms with Crippen molar-refractivity contribution in [3.8, 4) is 5.75 Å². The molecule has 22 heavy (non-hydrogen) atoms. The molecule has 0 spiro atoms. The van der Waals surface area contributed by atoms with Crippen molar-refractivity contribution in [3.05, 3.63) is 30.0 Å². The van der Waals surface area contributed by atoms with E-state index in [9.17, 15) is 9.59 Å². The molecular weight excluding hydrogens is 280 g/mol. The Morgan fingerprint density at radius 2 is 1.86 bits per heavy atom. The van der Waals surface area contributed by atoms with Gasteiger partial charge in [-0.3, -0.25) is 9.59 Å². The average molecular weight is 302 g/mol. The van der Waals surface area contributed by atoms with Crippen LogP contribution in [0.4, 0.5) is 0 Å². The molecule has 118 valence electrons. The summed E-state index contributed by atoms with van der Waals surface area (Å²) in [4.78, 5) is 29.6. The number of nitrogens with zero attached hydrogens (tertiary/aromatic N) is 1. The molecule has 0 aliphatic heterocycles. The lowest BCUT2D eigenvalue weighted by atomic mass is 10.1. The van der Waals surface area contributed by atoms with Crippen molar-refractivity contribution < 1.29 is 14.3 Å². The SMILES string of the molecule is CCCN(CCC)C(=O)C(=O)c1c[nH]c2cc(OC)ccc12. The number of fused-ring (bicyclic) bond motifs is 1. The summed E-state index contributed by atoms with van der Waals surface area (Å²) in [6, 6.07) is 5.40. The number of hydrogen-bond donors (Lipinski definition) is 1. The van der Waals surface area contributed by atoms with Crippen molar-refractivity contribution in [2.45, 2.75) is 26.7 Å². The van der Waals surface area contributed by atoms with Crippen LogP contribution in [0.25, 0.3) is 10.9 Å². The molecule has 5 heteroatoms. The van der Waals surface area contributed by atoms with E-state index in [1.807, 2.05) is 19.9 Å². The Labute approximate surface area is 130 Å². The van der Waals surface area contributed by atoms with Crippen molar-refractivity contribution in [1.29, 1.82) is 0 Å². The molecule has 1 N–H and O–H groups in total. The zero-order valence-corrected chi connectivity index (χ0v) is 13.3. The third-order valence-corrected chi connectivity index (χ3v) is 3.60. The molecule has 1 aromatic heterocycles. The van der Waals surface area contributed by atoms with E-state index < -0.39 is 11.7 Å². The normalized spacial score (nSPS) is 10.7. The van der Waals surface area contributed by atoms with Gasteiger partial charge in [-0.2, -0.15) is 0 Å². The van der Waals surface area contributed by atoms with E-state index in [-0.39, 0.29) is 0 Å². The van der Waals surface area contributed by atoms with Crippen LogP contribution >= 0.6 is 0 Å². The lowest BCUT2D eigenvalue weighted by Gasteiger charge is -2.20. The molecule has 0 fully saturated rings. The number of methoxy groups -OCH3 is 1. The smallest absolute Gasteiger partial charge is 0.295 e. The molecule has 0 unspecified atom stereocenters. The molecule has 0 saturated carbocycles. The van der Waals surface area contributed by atoms with Crippen molar-refractivity contribution in [3.63, 3.8) is 0 Å². The highest BCUT2D eigenvalue weighted by atomic mass is 16.5. The quantitative estimate of drug-likeness (QED) is 0.631. The monoisotopic (exact) mass is 302 g/mol. The maximum Gasteiger partial charge on any atom is 0.295 e. The van der Waals surface area contributed by atoms with E-state index in [4.69, 9.17) is 4.74 Å². The van der Waals surface area contributed by atoms with Crippen LogP contribution in [0.5, 0.6) is 5.75 Å². The molecule has 0 atom stereocenters. The number of amides is 1. The Morgan fingerprint density at radius 1 is 1.18 bits per heavy atom. The summed E-state index contributed by atoms with van der Waals surface area (Å²) in [5.74, 6) is -0.183. The van der Waals surface area contributed by atoms with Crippen molar-refractivity contribution in [2.24, 2.45) is 0 Å². The second-order valence-electron chi connectivity index (χ2n) is 5.24. The molecule has 5 nitrogen and oxygen atoms in total. The van der Waals surface area contributed by atoms with Crippen LogP contribution < -0.4 is 4.74 Å². The molecule has 1 amide bonds. The zero-order valence-electron chi connectivity index (χ0n) is 13.3. The standard InChI is InChI=1S/C17H22N2O3/c1-4-8-19(9-5-2)17(21)16(20)14-11-18-15-10-12(22-3)6-7-13(14)15/h6-7,10-11,18H,4-5,8-9H2,1-3H3. The van der Waals surface area contributed by atoms with E-state index in [2.05, 4.69) is 4.98 Å². The largest absolute Gasteiger partial charge is 0.497 e. The lowest BCUT2D eigenvalue weighted by Crippen LogP contribution is -2.37. The number of carbonyl (C=O) groups excluding carboxylic acids is 2. The average Bonchev–Trinajstić information content (AvgIpc) is 2.96. The summed E-state index contributed by atoms with van der Waals surface area (Å²) in [5.41, 5.74) is 1.20. The van der Waals surface area contributed by atoms with Crippen LogP contribution in [0.2, 0.25) is 0 Å². The molecular formula is C17H22N2O3. The predicted octanol–water partition coefficient (Wildman–Crippen LogP) is 3.01. The molecule has 2 rings (SSSR count). The van der Waals surface area contributed by atoms with E-state index in [1.165, 1.54) is 0 Å². The fourth-order valence-electron chi connectivity index (χ4n) is 2.53. The van der Waals surface area contributed by atoms with Gasteiger partial charge in [0.15, 0.2) is 0 Å². The number of ether oxygens (including phenoxy) is 1. The summed E-state index contributed by atoms with van der Waals surface area (Å²) in [6.07, 6.45) is 3.27. The Balaban J connectivity index is 2.30. The van der Waals surface area contributed by atoms with Gasteiger partial charge in [0.25, 0.3) is 11.7 Å². The molecule has 1 aromatic carbocycles. The first-order valence-corrected chi connectivity index (χ1v) is 7.61. The second-order valence-corrected chi connectivity index (χ2v) is 5.24. The highest BCUT2D eigenvalue weighted by Crippen LogP contribution is 2.24. The first-order chi connectivity index (χ1) is 10.6. The Kier molecular flexibility index (Phi) is 5.20. The number of aromatic nitrogens is 1. The van der Waals surface area contributed by atoms with Crippen LogP contribution in [0, 0.1) is 0 Å². The lowest BCUT2D eigenvalue weighted by molar-refractivity contribution is -0.126. The molecule has 0 radical (unpaired) electrons. The number of hydrogen-bond acceptors (Lipinski definition) is 3. The summed E-state index contributed by atoms with van der Waals surface area (Å²) in [7, 11) is 1.59.